The van der Waals surface area contributed by atoms with Gasteiger partial charge in [-0.3, -0.25) is 9.88 Å². The summed E-state index contributed by atoms with van der Waals surface area (Å²) in [5, 5.41) is 4.39. The lowest BCUT2D eigenvalue weighted by Crippen LogP contribution is -2.61. The SMILES string of the molecule is Cl.Cl.Clc1cnccc1CN1CCNCC12CCCCC2. The van der Waals surface area contributed by atoms with Gasteiger partial charge in [0, 0.05) is 44.1 Å². The second kappa shape index (κ2) is 8.54. The molecule has 120 valence electrons. The molecule has 2 heterocycles. The molecule has 6 heteroatoms. The topological polar surface area (TPSA) is 28.2 Å². The highest BCUT2D eigenvalue weighted by Crippen LogP contribution is 2.36. The molecule has 2 aliphatic rings. The van der Waals surface area contributed by atoms with Crippen LogP contribution in [0.2, 0.25) is 5.02 Å². The average Bonchev–Trinajstić information content (AvgIpc) is 2.45. The van der Waals surface area contributed by atoms with Crippen LogP contribution in [0.25, 0.3) is 0 Å². The third-order valence-corrected chi connectivity index (χ3v) is 5.03. The number of aromatic nitrogens is 1. The van der Waals surface area contributed by atoms with Crippen LogP contribution in [-0.4, -0.2) is 35.1 Å². The van der Waals surface area contributed by atoms with Crippen LogP contribution in [0.15, 0.2) is 18.5 Å². The molecule has 0 radical (unpaired) electrons. The molecule has 1 spiro atoms. The van der Waals surface area contributed by atoms with Crippen molar-refractivity contribution >= 4 is 36.4 Å². The first-order valence-corrected chi connectivity index (χ1v) is 7.72. The summed E-state index contributed by atoms with van der Waals surface area (Å²) in [5.41, 5.74) is 1.58. The maximum atomic E-state index is 6.27. The minimum absolute atomic E-state index is 0. The number of nitrogens with zero attached hydrogens (tertiary/aromatic N) is 2. The third-order valence-electron chi connectivity index (χ3n) is 4.69. The molecule has 3 rings (SSSR count). The van der Waals surface area contributed by atoms with Crippen molar-refractivity contribution in [2.24, 2.45) is 0 Å². The molecule has 21 heavy (non-hydrogen) atoms. The number of rotatable bonds is 2. The molecular formula is C15H24Cl3N3. The van der Waals surface area contributed by atoms with E-state index in [-0.39, 0.29) is 24.8 Å². The van der Waals surface area contributed by atoms with Gasteiger partial charge in [-0.25, -0.2) is 0 Å². The van der Waals surface area contributed by atoms with Gasteiger partial charge >= 0.3 is 0 Å². The van der Waals surface area contributed by atoms with E-state index in [2.05, 4.69) is 21.3 Å². The highest BCUT2D eigenvalue weighted by molar-refractivity contribution is 6.31. The molecule has 3 nitrogen and oxygen atoms in total. The van der Waals surface area contributed by atoms with Gasteiger partial charge < -0.3 is 5.32 Å². The molecule has 1 aromatic rings. The normalized spacial score (nSPS) is 21.4. The minimum atomic E-state index is 0. The van der Waals surface area contributed by atoms with E-state index in [1.54, 1.807) is 6.20 Å². The summed E-state index contributed by atoms with van der Waals surface area (Å²) in [6.07, 6.45) is 10.4. The van der Waals surface area contributed by atoms with Crippen molar-refractivity contribution in [3.8, 4) is 0 Å². The van der Waals surface area contributed by atoms with Gasteiger partial charge in [0.15, 0.2) is 0 Å². The van der Waals surface area contributed by atoms with E-state index in [9.17, 15) is 0 Å². The Morgan fingerprint density at radius 1 is 1.24 bits per heavy atom. The van der Waals surface area contributed by atoms with Crippen LogP contribution < -0.4 is 5.32 Å². The molecular weight excluding hydrogens is 329 g/mol. The molecule has 2 fully saturated rings. The first-order chi connectivity index (χ1) is 9.30. The molecule has 1 aromatic heterocycles. The molecule has 0 aromatic carbocycles. The zero-order valence-corrected chi connectivity index (χ0v) is 14.6. The molecule has 0 atom stereocenters. The highest BCUT2D eigenvalue weighted by Gasteiger charge is 2.39. The van der Waals surface area contributed by atoms with Crippen LogP contribution in [0.1, 0.15) is 37.7 Å². The predicted molar refractivity (Wildman–Crippen MR) is 92.8 cm³/mol. The van der Waals surface area contributed by atoms with Gasteiger partial charge in [0.05, 0.1) is 5.02 Å². The van der Waals surface area contributed by atoms with Crippen LogP contribution in [0, 0.1) is 0 Å². The zero-order chi connectivity index (χ0) is 13.1. The monoisotopic (exact) mass is 351 g/mol. The quantitative estimate of drug-likeness (QED) is 0.880. The minimum Gasteiger partial charge on any atom is -0.314 e. The standard InChI is InChI=1S/C15H22ClN3.2ClH/c16-14-10-17-7-4-13(14)11-19-9-8-18-12-15(19)5-2-1-3-6-15;;/h4,7,10,18H,1-3,5-6,8-9,11-12H2;2*1H. The number of nitrogens with one attached hydrogen (secondary N) is 1. The van der Waals surface area contributed by atoms with Gasteiger partial charge in [-0.15, -0.1) is 24.8 Å². The molecule has 1 aliphatic carbocycles. The predicted octanol–water partition coefficient (Wildman–Crippen LogP) is 3.69. The Morgan fingerprint density at radius 2 is 2.00 bits per heavy atom. The average molecular weight is 353 g/mol. The summed E-state index contributed by atoms with van der Waals surface area (Å²) in [5.74, 6) is 0. The fourth-order valence-corrected chi connectivity index (χ4v) is 3.75. The van der Waals surface area contributed by atoms with Crippen molar-refractivity contribution in [1.29, 1.82) is 0 Å². The maximum absolute atomic E-state index is 6.27. The van der Waals surface area contributed by atoms with Crippen molar-refractivity contribution in [2.75, 3.05) is 19.6 Å². The summed E-state index contributed by atoms with van der Waals surface area (Å²) < 4.78 is 0. The molecule has 1 saturated heterocycles. The van der Waals surface area contributed by atoms with E-state index in [4.69, 9.17) is 11.6 Å². The van der Waals surface area contributed by atoms with Gasteiger partial charge in [-0.2, -0.15) is 0 Å². The Balaban J connectivity index is 0.00000110. The van der Waals surface area contributed by atoms with Crippen molar-refractivity contribution in [2.45, 2.75) is 44.2 Å². The summed E-state index contributed by atoms with van der Waals surface area (Å²) in [4.78, 5) is 6.74. The van der Waals surface area contributed by atoms with E-state index in [0.29, 0.717) is 5.54 Å². The van der Waals surface area contributed by atoms with Crippen LogP contribution in [0.3, 0.4) is 0 Å². The van der Waals surface area contributed by atoms with Gasteiger partial charge in [-0.1, -0.05) is 30.9 Å². The summed E-state index contributed by atoms with van der Waals surface area (Å²) in [6.45, 7) is 4.31. The van der Waals surface area contributed by atoms with Crippen LogP contribution in [-0.2, 0) is 6.54 Å². The first kappa shape index (κ1) is 19.0. The van der Waals surface area contributed by atoms with Crippen LogP contribution in [0.4, 0.5) is 0 Å². The molecule has 0 unspecified atom stereocenters. The Bertz CT molecular complexity index is 428. The lowest BCUT2D eigenvalue weighted by atomic mass is 9.79. The number of piperazine rings is 1. The first-order valence-electron chi connectivity index (χ1n) is 7.34. The maximum Gasteiger partial charge on any atom is 0.0634 e. The third kappa shape index (κ3) is 4.23. The van der Waals surface area contributed by atoms with Crippen molar-refractivity contribution in [3.63, 3.8) is 0 Å². The highest BCUT2D eigenvalue weighted by atomic mass is 35.5. The molecule has 1 saturated carbocycles. The van der Waals surface area contributed by atoms with Gasteiger partial charge in [0.25, 0.3) is 0 Å². The fourth-order valence-electron chi connectivity index (χ4n) is 3.57. The van der Waals surface area contributed by atoms with E-state index in [0.717, 1.165) is 31.2 Å². The molecule has 0 bridgehead atoms. The lowest BCUT2D eigenvalue weighted by molar-refractivity contribution is 0.0209. The number of hydrogen-bond donors (Lipinski definition) is 1. The zero-order valence-electron chi connectivity index (χ0n) is 12.2. The van der Waals surface area contributed by atoms with E-state index < -0.39 is 0 Å². The molecule has 0 amide bonds. The van der Waals surface area contributed by atoms with Crippen LogP contribution in [0.5, 0.6) is 0 Å². The Morgan fingerprint density at radius 3 is 2.71 bits per heavy atom. The summed E-state index contributed by atoms with van der Waals surface area (Å²) >= 11 is 6.27. The van der Waals surface area contributed by atoms with E-state index in [1.165, 1.54) is 37.7 Å². The Labute approximate surface area is 144 Å². The largest absolute Gasteiger partial charge is 0.314 e. The van der Waals surface area contributed by atoms with Crippen molar-refractivity contribution in [1.82, 2.24) is 15.2 Å². The fraction of sp³-hybridized carbons (Fsp3) is 0.667. The van der Waals surface area contributed by atoms with Gasteiger partial charge in [0.2, 0.25) is 0 Å². The summed E-state index contributed by atoms with van der Waals surface area (Å²) in [6, 6.07) is 2.06. The summed E-state index contributed by atoms with van der Waals surface area (Å²) in [7, 11) is 0. The van der Waals surface area contributed by atoms with Crippen LogP contribution >= 0.6 is 36.4 Å². The second-order valence-corrected chi connectivity index (χ2v) is 6.26. The van der Waals surface area contributed by atoms with E-state index >= 15 is 0 Å². The van der Waals surface area contributed by atoms with Crippen molar-refractivity contribution < 1.29 is 0 Å². The molecule has 1 N–H and O–H groups in total. The number of hydrogen-bond acceptors (Lipinski definition) is 3. The Kier molecular flexibility index (Phi) is 7.72. The second-order valence-electron chi connectivity index (χ2n) is 5.85. The lowest BCUT2D eigenvalue weighted by Gasteiger charge is -2.50. The number of pyridine rings is 1. The van der Waals surface area contributed by atoms with Gasteiger partial charge in [-0.05, 0) is 24.5 Å². The smallest absolute Gasteiger partial charge is 0.0634 e. The van der Waals surface area contributed by atoms with Crippen molar-refractivity contribution in [3.05, 3.63) is 29.0 Å². The van der Waals surface area contributed by atoms with E-state index in [1.807, 2.05) is 6.20 Å². The van der Waals surface area contributed by atoms with Gasteiger partial charge in [0.1, 0.15) is 0 Å². The molecule has 1 aliphatic heterocycles. The Hall–Kier alpha value is -0.0600. The number of halogens is 3.